The topological polar surface area (TPSA) is 70.4 Å². The van der Waals surface area contributed by atoms with Crippen LogP contribution in [0.4, 0.5) is 5.69 Å². The Morgan fingerprint density at radius 2 is 1.85 bits per heavy atom. The summed E-state index contributed by atoms with van der Waals surface area (Å²) in [6.07, 6.45) is 1.74. The Balaban J connectivity index is 1.85. The molecule has 1 aliphatic heterocycles. The first-order valence-corrected chi connectivity index (χ1v) is 8.72. The fourth-order valence-corrected chi connectivity index (χ4v) is 3.66. The summed E-state index contributed by atoms with van der Waals surface area (Å²) in [6, 6.07) is 15.5. The lowest BCUT2D eigenvalue weighted by atomic mass is 10.1. The first-order valence-electron chi connectivity index (χ1n) is 7.50. The monoisotopic (exact) mass is 380 g/mol. The summed E-state index contributed by atoms with van der Waals surface area (Å²) in [4.78, 5) is 26.2. The Morgan fingerprint density at radius 1 is 1.19 bits per heavy atom. The largest absolute Gasteiger partial charge is 0.465 e. The second kappa shape index (κ2) is 7.52. The zero-order chi connectivity index (χ0) is 18.7. The van der Waals surface area contributed by atoms with E-state index in [9.17, 15) is 9.59 Å². The number of thioether (sulfide) groups is 1. The minimum Gasteiger partial charge on any atom is -0.465 e. The molecule has 1 aliphatic rings. The maximum Gasteiger partial charge on any atom is 0.337 e. The number of rotatable bonds is 3. The summed E-state index contributed by atoms with van der Waals surface area (Å²) in [5.74, 6) is -0.669. The van der Waals surface area contributed by atoms with E-state index in [2.05, 4.69) is 10.8 Å². The summed E-state index contributed by atoms with van der Waals surface area (Å²) in [7, 11) is 1.31. The summed E-state index contributed by atoms with van der Waals surface area (Å²) in [5, 5.41) is 8.84. The summed E-state index contributed by atoms with van der Waals surface area (Å²) < 4.78 is 5.08. The van der Waals surface area contributed by atoms with Crippen LogP contribution >= 0.6 is 24.0 Å². The number of anilines is 1. The molecule has 0 radical (unpaired) electrons. The van der Waals surface area contributed by atoms with Gasteiger partial charge in [-0.15, -0.1) is 0 Å². The van der Waals surface area contributed by atoms with Crippen molar-refractivity contribution in [3.63, 3.8) is 0 Å². The molecule has 1 saturated heterocycles. The lowest BCUT2D eigenvalue weighted by molar-refractivity contribution is -0.113. The third kappa shape index (κ3) is 3.52. The highest BCUT2D eigenvalue weighted by Crippen LogP contribution is 2.36. The van der Waals surface area contributed by atoms with Crippen molar-refractivity contribution < 1.29 is 14.3 Å². The van der Waals surface area contributed by atoms with E-state index in [1.165, 1.54) is 23.8 Å². The van der Waals surface area contributed by atoms with Gasteiger partial charge in [0.15, 0.2) is 4.32 Å². The van der Waals surface area contributed by atoms with E-state index < -0.39 is 5.97 Å². The second-order valence-electron chi connectivity index (χ2n) is 5.29. The highest BCUT2D eigenvalue weighted by Gasteiger charge is 2.33. The summed E-state index contributed by atoms with van der Waals surface area (Å²) in [5.41, 5.74) is 2.35. The second-order valence-corrected chi connectivity index (χ2v) is 6.97. The van der Waals surface area contributed by atoms with Crippen LogP contribution in [0.3, 0.4) is 0 Å². The molecule has 0 aliphatic carbocycles. The zero-order valence-electron chi connectivity index (χ0n) is 13.6. The van der Waals surface area contributed by atoms with E-state index in [1.54, 1.807) is 54.6 Å². The number of nitriles is 1. The van der Waals surface area contributed by atoms with Gasteiger partial charge in [0.05, 0.1) is 34.9 Å². The van der Waals surface area contributed by atoms with Gasteiger partial charge in [0.2, 0.25) is 0 Å². The van der Waals surface area contributed by atoms with Gasteiger partial charge in [0.25, 0.3) is 5.91 Å². The van der Waals surface area contributed by atoms with E-state index in [0.717, 1.165) is 5.56 Å². The minimum atomic E-state index is -0.442. The van der Waals surface area contributed by atoms with Crippen LogP contribution < -0.4 is 4.90 Å². The highest BCUT2D eigenvalue weighted by molar-refractivity contribution is 8.27. The molecule has 26 heavy (non-hydrogen) atoms. The molecule has 0 unspecified atom stereocenters. The lowest BCUT2D eigenvalue weighted by Gasteiger charge is -2.14. The predicted molar refractivity (Wildman–Crippen MR) is 105 cm³/mol. The van der Waals surface area contributed by atoms with Crippen LogP contribution in [0.25, 0.3) is 6.08 Å². The van der Waals surface area contributed by atoms with Crippen LogP contribution in [0.2, 0.25) is 0 Å². The van der Waals surface area contributed by atoms with Crippen molar-refractivity contribution in [3.05, 3.63) is 70.1 Å². The molecule has 2 aromatic rings. The fourth-order valence-electron chi connectivity index (χ4n) is 2.36. The standard InChI is InChI=1S/C19H12N2O3S2/c1-24-18(23)14-6-8-15(9-7-14)21-17(22)16(26-19(21)25)10-12-2-4-13(11-20)5-3-12/h2-10H,1H3/b16-10-. The average molecular weight is 380 g/mol. The van der Waals surface area contributed by atoms with Crippen molar-refractivity contribution in [2.24, 2.45) is 0 Å². The number of benzene rings is 2. The van der Waals surface area contributed by atoms with Crippen molar-refractivity contribution in [3.8, 4) is 6.07 Å². The van der Waals surface area contributed by atoms with Crippen LogP contribution in [0.5, 0.6) is 0 Å². The predicted octanol–water partition coefficient (Wildman–Crippen LogP) is 3.75. The number of methoxy groups -OCH3 is 1. The molecular formula is C19H12N2O3S2. The summed E-state index contributed by atoms with van der Waals surface area (Å²) in [6.45, 7) is 0. The minimum absolute atomic E-state index is 0.227. The highest BCUT2D eigenvalue weighted by atomic mass is 32.2. The van der Waals surface area contributed by atoms with E-state index in [1.807, 2.05) is 0 Å². The first-order chi connectivity index (χ1) is 12.5. The average Bonchev–Trinajstić information content (AvgIpc) is 2.95. The molecule has 0 bridgehead atoms. The van der Waals surface area contributed by atoms with Gasteiger partial charge in [0.1, 0.15) is 0 Å². The zero-order valence-corrected chi connectivity index (χ0v) is 15.3. The molecule has 0 N–H and O–H groups in total. The molecule has 0 atom stereocenters. The maximum atomic E-state index is 12.7. The van der Waals surface area contributed by atoms with Crippen LogP contribution in [0, 0.1) is 11.3 Å². The van der Waals surface area contributed by atoms with Crippen molar-refractivity contribution in [1.29, 1.82) is 5.26 Å². The van der Waals surface area contributed by atoms with Gasteiger partial charge in [-0.25, -0.2) is 4.79 Å². The molecule has 1 amide bonds. The van der Waals surface area contributed by atoms with Crippen molar-refractivity contribution in [2.45, 2.75) is 0 Å². The van der Waals surface area contributed by atoms with Crippen LogP contribution in [0.1, 0.15) is 21.5 Å². The SMILES string of the molecule is COC(=O)c1ccc(N2C(=O)/C(=C/c3ccc(C#N)cc3)SC2=S)cc1. The van der Waals surface area contributed by atoms with Crippen molar-refractivity contribution in [1.82, 2.24) is 0 Å². The first kappa shape index (κ1) is 17.9. The Kier molecular flexibility index (Phi) is 5.16. The molecule has 5 nitrogen and oxygen atoms in total. The Labute approximate surface area is 159 Å². The summed E-state index contributed by atoms with van der Waals surface area (Å²) >= 11 is 6.54. The Morgan fingerprint density at radius 3 is 2.42 bits per heavy atom. The van der Waals surface area contributed by atoms with Gasteiger partial charge in [-0.1, -0.05) is 36.1 Å². The maximum absolute atomic E-state index is 12.7. The van der Waals surface area contributed by atoms with Crippen LogP contribution in [-0.2, 0) is 9.53 Å². The molecule has 128 valence electrons. The van der Waals surface area contributed by atoms with Gasteiger partial charge >= 0.3 is 5.97 Å². The number of esters is 1. The Hall–Kier alpha value is -2.95. The number of hydrogen-bond acceptors (Lipinski definition) is 6. The molecular weight excluding hydrogens is 368 g/mol. The third-order valence-corrected chi connectivity index (χ3v) is 4.98. The molecule has 1 fully saturated rings. The molecule has 1 heterocycles. The number of nitrogens with zero attached hydrogens (tertiary/aromatic N) is 2. The Bertz CT molecular complexity index is 958. The quantitative estimate of drug-likeness (QED) is 0.459. The number of thiocarbonyl (C=S) groups is 1. The van der Waals surface area contributed by atoms with Crippen LogP contribution in [0.15, 0.2) is 53.4 Å². The molecule has 0 aromatic heterocycles. The van der Waals surface area contributed by atoms with Gasteiger partial charge in [-0.2, -0.15) is 5.26 Å². The fraction of sp³-hybridized carbons (Fsp3) is 0.0526. The van der Waals surface area contributed by atoms with E-state index >= 15 is 0 Å². The third-order valence-electron chi connectivity index (χ3n) is 3.68. The lowest BCUT2D eigenvalue weighted by Crippen LogP contribution is -2.27. The number of amides is 1. The number of carbonyl (C=O) groups excluding carboxylic acids is 2. The smallest absolute Gasteiger partial charge is 0.337 e. The molecule has 0 saturated carbocycles. The molecule has 3 rings (SSSR count). The van der Waals surface area contributed by atoms with Gasteiger partial charge in [-0.05, 0) is 48.0 Å². The van der Waals surface area contributed by atoms with E-state index in [0.29, 0.717) is 26.0 Å². The molecule has 0 spiro atoms. The van der Waals surface area contributed by atoms with Gasteiger partial charge < -0.3 is 4.74 Å². The van der Waals surface area contributed by atoms with E-state index in [-0.39, 0.29) is 5.91 Å². The van der Waals surface area contributed by atoms with Gasteiger partial charge in [-0.3, -0.25) is 9.69 Å². The van der Waals surface area contributed by atoms with E-state index in [4.69, 9.17) is 17.5 Å². The number of ether oxygens (including phenoxy) is 1. The number of carbonyl (C=O) groups is 2. The molecule has 2 aromatic carbocycles. The van der Waals surface area contributed by atoms with Crippen molar-refractivity contribution in [2.75, 3.05) is 12.0 Å². The molecule has 7 heteroatoms. The van der Waals surface area contributed by atoms with Crippen molar-refractivity contribution >= 4 is 51.9 Å². The number of hydrogen-bond donors (Lipinski definition) is 0. The normalized spacial score (nSPS) is 15.2. The van der Waals surface area contributed by atoms with Crippen LogP contribution in [-0.4, -0.2) is 23.3 Å². The van der Waals surface area contributed by atoms with Gasteiger partial charge in [0, 0.05) is 0 Å².